The van der Waals surface area contributed by atoms with Crippen molar-refractivity contribution in [1.29, 1.82) is 0 Å². The van der Waals surface area contributed by atoms with Crippen LogP contribution in [0.3, 0.4) is 0 Å². The summed E-state index contributed by atoms with van der Waals surface area (Å²) >= 11 is 0. The van der Waals surface area contributed by atoms with Crippen molar-refractivity contribution in [2.75, 3.05) is 13.7 Å². The van der Waals surface area contributed by atoms with Crippen LogP contribution in [-0.2, 0) is 17.9 Å². The van der Waals surface area contributed by atoms with Crippen molar-refractivity contribution in [3.05, 3.63) is 47.3 Å². The van der Waals surface area contributed by atoms with E-state index in [1.54, 1.807) is 24.8 Å². The number of rotatable bonds is 6. The van der Waals surface area contributed by atoms with Crippen LogP contribution >= 0.6 is 0 Å². The maximum atomic E-state index is 11.7. The van der Waals surface area contributed by atoms with E-state index in [0.29, 0.717) is 18.8 Å². The Balaban J connectivity index is 2.19. The average Bonchev–Trinajstić information content (AvgIpc) is 2.91. The number of ether oxygens (including phenoxy) is 2. The lowest BCUT2D eigenvalue weighted by molar-refractivity contribution is 0.0518. The minimum atomic E-state index is -0.485. The summed E-state index contributed by atoms with van der Waals surface area (Å²) in [6.07, 6.45) is 0. The minimum absolute atomic E-state index is 0.192. The molecule has 0 fully saturated rings. The third-order valence-corrected chi connectivity index (χ3v) is 3.00. The van der Waals surface area contributed by atoms with Crippen molar-refractivity contribution in [1.82, 2.24) is 9.78 Å². The predicted molar refractivity (Wildman–Crippen MR) is 76.2 cm³/mol. The van der Waals surface area contributed by atoms with Crippen molar-refractivity contribution in [2.24, 2.45) is 0 Å². The van der Waals surface area contributed by atoms with Crippen molar-refractivity contribution in [3.8, 4) is 5.75 Å². The van der Waals surface area contributed by atoms with Gasteiger partial charge in [-0.1, -0.05) is 12.1 Å². The van der Waals surface area contributed by atoms with Crippen LogP contribution in [0.1, 0.15) is 28.7 Å². The molecule has 0 saturated carbocycles. The first kappa shape index (κ1) is 15.1. The number of aromatic nitrogens is 2. The minimum Gasteiger partial charge on any atom is -0.497 e. The molecule has 112 valence electrons. The highest BCUT2D eigenvalue weighted by atomic mass is 16.5. The van der Waals surface area contributed by atoms with E-state index in [1.807, 2.05) is 24.3 Å². The standard InChI is InChI=1S/C15H18N2O4/c1-3-21-15(19)14-8-12(10-18)17(16-14)9-11-4-6-13(20-2)7-5-11/h4-8,18H,3,9-10H2,1-2H3. The number of hydrogen-bond acceptors (Lipinski definition) is 5. The molecular formula is C15H18N2O4. The van der Waals surface area contributed by atoms with Crippen LogP contribution < -0.4 is 4.74 Å². The quantitative estimate of drug-likeness (QED) is 0.818. The molecule has 1 aromatic heterocycles. The molecule has 0 bridgehead atoms. The third-order valence-electron chi connectivity index (χ3n) is 3.00. The summed E-state index contributed by atoms with van der Waals surface area (Å²) in [5.74, 6) is 0.287. The van der Waals surface area contributed by atoms with Gasteiger partial charge in [0, 0.05) is 0 Å². The van der Waals surface area contributed by atoms with Crippen molar-refractivity contribution in [2.45, 2.75) is 20.1 Å². The monoisotopic (exact) mass is 290 g/mol. The normalized spacial score (nSPS) is 10.4. The van der Waals surface area contributed by atoms with Crippen LogP contribution in [0.4, 0.5) is 0 Å². The van der Waals surface area contributed by atoms with Gasteiger partial charge < -0.3 is 14.6 Å². The molecule has 6 heteroatoms. The van der Waals surface area contributed by atoms with Gasteiger partial charge in [0.05, 0.1) is 32.6 Å². The number of hydrogen-bond donors (Lipinski definition) is 1. The Bertz CT molecular complexity index is 605. The van der Waals surface area contributed by atoms with Gasteiger partial charge in [-0.25, -0.2) is 4.79 Å². The van der Waals surface area contributed by atoms with Gasteiger partial charge in [-0.15, -0.1) is 0 Å². The van der Waals surface area contributed by atoms with E-state index in [1.165, 1.54) is 0 Å². The number of nitrogens with zero attached hydrogens (tertiary/aromatic N) is 2. The molecule has 0 saturated heterocycles. The zero-order valence-electron chi connectivity index (χ0n) is 12.1. The van der Waals surface area contributed by atoms with E-state index in [0.717, 1.165) is 11.3 Å². The van der Waals surface area contributed by atoms with E-state index >= 15 is 0 Å². The fraction of sp³-hybridized carbons (Fsp3) is 0.333. The molecule has 0 radical (unpaired) electrons. The molecule has 1 N–H and O–H groups in total. The number of aliphatic hydroxyl groups excluding tert-OH is 1. The molecule has 1 aromatic carbocycles. The van der Waals surface area contributed by atoms with Gasteiger partial charge in [0.15, 0.2) is 5.69 Å². The lowest BCUT2D eigenvalue weighted by Crippen LogP contribution is -2.09. The van der Waals surface area contributed by atoms with Gasteiger partial charge in [-0.2, -0.15) is 5.10 Å². The number of aliphatic hydroxyl groups is 1. The number of methoxy groups -OCH3 is 1. The average molecular weight is 290 g/mol. The van der Waals surface area contributed by atoms with E-state index in [-0.39, 0.29) is 12.3 Å². The summed E-state index contributed by atoms with van der Waals surface area (Å²) in [6, 6.07) is 9.06. The second kappa shape index (κ2) is 6.90. The Morgan fingerprint density at radius 2 is 2.05 bits per heavy atom. The first-order valence-corrected chi connectivity index (χ1v) is 6.65. The van der Waals surface area contributed by atoms with Gasteiger partial charge in [0.25, 0.3) is 0 Å². The van der Waals surface area contributed by atoms with Crippen molar-refractivity contribution < 1.29 is 19.4 Å². The summed E-state index contributed by atoms with van der Waals surface area (Å²) in [4.78, 5) is 11.7. The predicted octanol–water partition coefficient (Wildman–Crippen LogP) is 1.61. The number of carbonyl (C=O) groups is 1. The second-order valence-electron chi connectivity index (χ2n) is 4.41. The highest BCUT2D eigenvalue weighted by Crippen LogP contribution is 2.14. The molecule has 0 atom stereocenters. The van der Waals surface area contributed by atoms with Crippen LogP contribution in [0.2, 0.25) is 0 Å². The van der Waals surface area contributed by atoms with Crippen LogP contribution in [0.15, 0.2) is 30.3 Å². The first-order valence-electron chi connectivity index (χ1n) is 6.65. The van der Waals surface area contributed by atoms with Crippen molar-refractivity contribution in [3.63, 3.8) is 0 Å². The first-order chi connectivity index (χ1) is 10.2. The molecule has 2 rings (SSSR count). The van der Waals surface area contributed by atoms with Crippen molar-refractivity contribution >= 4 is 5.97 Å². The molecule has 1 heterocycles. The summed E-state index contributed by atoms with van der Waals surface area (Å²) < 4.78 is 11.6. The number of esters is 1. The van der Waals surface area contributed by atoms with Crippen LogP contribution in [0, 0.1) is 0 Å². The van der Waals surface area contributed by atoms with Gasteiger partial charge in [0.1, 0.15) is 5.75 Å². The van der Waals surface area contributed by atoms with Gasteiger partial charge in [0.2, 0.25) is 0 Å². The highest BCUT2D eigenvalue weighted by molar-refractivity contribution is 5.87. The topological polar surface area (TPSA) is 73.6 Å². The number of benzene rings is 1. The Morgan fingerprint density at radius 1 is 1.33 bits per heavy atom. The summed E-state index contributed by atoms with van der Waals surface area (Å²) in [6.45, 7) is 2.29. The Kier molecular flexibility index (Phi) is 4.94. The Morgan fingerprint density at radius 3 is 2.62 bits per heavy atom. The number of carbonyl (C=O) groups excluding carboxylic acids is 1. The summed E-state index contributed by atoms with van der Waals surface area (Å²) in [5.41, 5.74) is 1.76. The third kappa shape index (κ3) is 3.61. The van der Waals surface area contributed by atoms with Gasteiger partial charge >= 0.3 is 5.97 Å². The molecule has 0 aliphatic carbocycles. The molecule has 2 aromatic rings. The molecule has 0 aliphatic heterocycles. The van der Waals surface area contributed by atoms with E-state index in [9.17, 15) is 9.90 Å². The van der Waals surface area contributed by atoms with E-state index < -0.39 is 5.97 Å². The summed E-state index contributed by atoms with van der Waals surface area (Å²) in [5, 5.41) is 13.6. The maximum Gasteiger partial charge on any atom is 0.358 e. The van der Waals surface area contributed by atoms with Crippen LogP contribution in [-0.4, -0.2) is 34.6 Å². The summed E-state index contributed by atoms with van der Waals surface area (Å²) in [7, 11) is 1.61. The highest BCUT2D eigenvalue weighted by Gasteiger charge is 2.15. The smallest absolute Gasteiger partial charge is 0.358 e. The molecule has 6 nitrogen and oxygen atoms in total. The van der Waals surface area contributed by atoms with E-state index in [4.69, 9.17) is 9.47 Å². The van der Waals surface area contributed by atoms with E-state index in [2.05, 4.69) is 5.10 Å². The van der Waals surface area contributed by atoms with Crippen LogP contribution in [0.5, 0.6) is 5.75 Å². The molecule has 21 heavy (non-hydrogen) atoms. The zero-order chi connectivity index (χ0) is 15.2. The SMILES string of the molecule is CCOC(=O)c1cc(CO)n(Cc2ccc(OC)cc2)n1. The lowest BCUT2D eigenvalue weighted by atomic mass is 10.2. The zero-order valence-corrected chi connectivity index (χ0v) is 12.1. The second-order valence-corrected chi connectivity index (χ2v) is 4.41. The fourth-order valence-electron chi connectivity index (χ4n) is 1.93. The maximum absolute atomic E-state index is 11.7. The van der Waals surface area contributed by atoms with Crippen LogP contribution in [0.25, 0.3) is 0 Å². The fourth-order valence-corrected chi connectivity index (χ4v) is 1.93. The Labute approximate surface area is 122 Å². The molecule has 0 spiro atoms. The molecular weight excluding hydrogens is 272 g/mol. The molecule has 0 amide bonds. The van der Waals surface area contributed by atoms with Gasteiger partial charge in [-0.05, 0) is 30.7 Å². The molecule has 0 aliphatic rings. The Hall–Kier alpha value is -2.34. The lowest BCUT2D eigenvalue weighted by Gasteiger charge is -2.06. The largest absolute Gasteiger partial charge is 0.497 e. The molecule has 0 unspecified atom stereocenters. The van der Waals surface area contributed by atoms with Gasteiger partial charge in [-0.3, -0.25) is 4.68 Å².